The number of amides is 3. The van der Waals surface area contributed by atoms with E-state index in [1.165, 1.54) is 7.11 Å². The third-order valence-electron chi connectivity index (χ3n) is 11.2. The van der Waals surface area contributed by atoms with Crippen LogP contribution in [0, 0.1) is 5.92 Å². The summed E-state index contributed by atoms with van der Waals surface area (Å²) in [5.41, 5.74) is 6.10. The SMILES string of the molecule is COC(=O)N[C@H](C(=O)N1CCC[C@H]1c1ncc(-c2ccc(-c3ccc(-c4cnc([C@@H]5C[C@@]6(CCCO6)CN5C(=O)c5cccnc5)[nH]4)cc3)cc2)[nH]1)C(C)C. The van der Waals surface area contributed by atoms with Gasteiger partial charge in [0.25, 0.3) is 5.91 Å². The smallest absolute Gasteiger partial charge is 0.407 e. The van der Waals surface area contributed by atoms with Crippen LogP contribution in [0.3, 0.4) is 0 Å². The molecule has 1 spiro atoms. The van der Waals surface area contributed by atoms with Crippen molar-refractivity contribution >= 4 is 17.9 Å². The van der Waals surface area contributed by atoms with E-state index in [-0.39, 0.29) is 35.4 Å². The highest BCUT2D eigenvalue weighted by Gasteiger charge is 2.50. The first-order valence-corrected chi connectivity index (χ1v) is 19.0. The predicted molar refractivity (Wildman–Crippen MR) is 205 cm³/mol. The molecule has 3 aliphatic rings. The van der Waals surface area contributed by atoms with E-state index >= 15 is 0 Å². The molecule has 0 aliphatic carbocycles. The molecule has 55 heavy (non-hydrogen) atoms. The van der Waals surface area contributed by atoms with Crippen molar-refractivity contribution in [3.05, 3.63) is 103 Å². The Labute approximate surface area is 319 Å². The highest BCUT2D eigenvalue weighted by molar-refractivity contribution is 5.94. The summed E-state index contributed by atoms with van der Waals surface area (Å²) in [6.07, 6.45) is 10.6. The monoisotopic (exact) mass is 742 g/mol. The van der Waals surface area contributed by atoms with Crippen molar-refractivity contribution in [2.75, 3.05) is 26.8 Å². The van der Waals surface area contributed by atoms with Crippen LogP contribution in [0.15, 0.2) is 85.5 Å². The van der Waals surface area contributed by atoms with Gasteiger partial charge in [-0.3, -0.25) is 14.6 Å². The minimum atomic E-state index is -0.682. The molecular weight excluding hydrogens is 697 g/mol. The van der Waals surface area contributed by atoms with Crippen molar-refractivity contribution in [3.8, 4) is 33.6 Å². The molecule has 3 N–H and O–H groups in total. The summed E-state index contributed by atoms with van der Waals surface area (Å²) in [6, 6.07) is 19.1. The zero-order valence-corrected chi connectivity index (χ0v) is 31.3. The molecule has 3 aliphatic heterocycles. The summed E-state index contributed by atoms with van der Waals surface area (Å²) in [4.78, 5) is 63.4. The van der Waals surface area contributed by atoms with Crippen molar-refractivity contribution in [2.45, 2.75) is 69.7 Å². The van der Waals surface area contributed by atoms with Gasteiger partial charge in [0.2, 0.25) is 5.91 Å². The molecule has 4 atom stereocenters. The highest BCUT2D eigenvalue weighted by Crippen LogP contribution is 2.45. The van der Waals surface area contributed by atoms with E-state index < -0.39 is 12.1 Å². The number of carbonyl (C=O) groups is 3. The van der Waals surface area contributed by atoms with Crippen LogP contribution in [0.25, 0.3) is 33.6 Å². The topological polar surface area (TPSA) is 158 Å². The van der Waals surface area contributed by atoms with E-state index in [0.717, 1.165) is 71.0 Å². The van der Waals surface area contributed by atoms with Crippen LogP contribution in [0.2, 0.25) is 0 Å². The number of hydrogen-bond acceptors (Lipinski definition) is 8. The van der Waals surface area contributed by atoms with Gasteiger partial charge in [0.1, 0.15) is 17.7 Å². The molecule has 3 aromatic heterocycles. The maximum Gasteiger partial charge on any atom is 0.407 e. The number of aromatic amines is 2. The minimum Gasteiger partial charge on any atom is -0.453 e. The van der Waals surface area contributed by atoms with Gasteiger partial charge < -0.3 is 34.6 Å². The Hall–Kier alpha value is -5.82. The quantitative estimate of drug-likeness (QED) is 0.150. The molecule has 0 bridgehead atoms. The number of nitrogens with zero attached hydrogens (tertiary/aromatic N) is 5. The van der Waals surface area contributed by atoms with Gasteiger partial charge in [-0.25, -0.2) is 14.8 Å². The number of benzene rings is 2. The maximum atomic E-state index is 13.6. The van der Waals surface area contributed by atoms with Crippen LogP contribution in [-0.2, 0) is 14.3 Å². The number of H-pyrrole nitrogens is 2. The number of carbonyl (C=O) groups excluding carboxylic acids is 3. The largest absolute Gasteiger partial charge is 0.453 e. The lowest BCUT2D eigenvalue weighted by atomic mass is 9.96. The fourth-order valence-corrected chi connectivity index (χ4v) is 8.28. The Morgan fingerprint density at radius 1 is 0.855 bits per heavy atom. The first-order valence-electron chi connectivity index (χ1n) is 19.0. The molecule has 3 saturated heterocycles. The fourth-order valence-electron chi connectivity index (χ4n) is 8.28. The normalized spacial score (nSPS) is 21.4. The molecule has 3 fully saturated rings. The standard InChI is InChI=1S/C42H46N8O5/c1-26(2)36(48-41(53)54-3)40(52)49-19-5-8-34(49)37-44-23-32(46-37)29-13-9-27(10-14-29)28-11-15-30(16-12-28)33-24-45-38(47-33)35-21-42(17-6-20-55-42)25-50(35)39(51)31-7-4-18-43-22-31/h4,7,9-16,18,22-24,26,34-36H,5-6,8,17,19-21,25H2,1-3H3,(H,44,46)(H,45,47)(H,48,53)/t34-,35-,36-,42-/m0/s1. The Bertz CT molecular complexity index is 2140. The molecular formula is C42H46N8O5. The zero-order valence-electron chi connectivity index (χ0n) is 31.3. The van der Waals surface area contributed by atoms with Crippen LogP contribution in [0.1, 0.15) is 80.0 Å². The zero-order chi connectivity index (χ0) is 38.1. The molecule has 0 unspecified atom stereocenters. The van der Waals surface area contributed by atoms with Gasteiger partial charge in [-0.1, -0.05) is 62.4 Å². The minimum absolute atomic E-state index is 0.0645. The lowest BCUT2D eigenvalue weighted by Crippen LogP contribution is -2.51. The molecule has 2 aromatic carbocycles. The third kappa shape index (κ3) is 7.23. The van der Waals surface area contributed by atoms with Crippen LogP contribution in [0.5, 0.6) is 0 Å². The van der Waals surface area contributed by atoms with Crippen molar-refractivity contribution < 1.29 is 23.9 Å². The van der Waals surface area contributed by atoms with Gasteiger partial charge in [-0.2, -0.15) is 0 Å². The Morgan fingerprint density at radius 3 is 2.05 bits per heavy atom. The summed E-state index contributed by atoms with van der Waals surface area (Å²) in [6.45, 7) is 5.66. The summed E-state index contributed by atoms with van der Waals surface area (Å²) < 4.78 is 11.0. The summed E-state index contributed by atoms with van der Waals surface area (Å²) in [5, 5.41) is 2.70. The van der Waals surface area contributed by atoms with Gasteiger partial charge in [0.15, 0.2) is 0 Å². The van der Waals surface area contributed by atoms with E-state index in [4.69, 9.17) is 14.5 Å². The summed E-state index contributed by atoms with van der Waals surface area (Å²) in [7, 11) is 1.29. The van der Waals surface area contributed by atoms with E-state index in [1.54, 1.807) is 24.5 Å². The van der Waals surface area contributed by atoms with Gasteiger partial charge in [0, 0.05) is 32.0 Å². The molecule has 8 rings (SSSR count). The first-order chi connectivity index (χ1) is 26.7. The Kier molecular flexibility index (Phi) is 9.95. The number of imidazole rings is 2. The number of alkyl carbamates (subject to hydrolysis) is 1. The molecule has 6 heterocycles. The number of pyridine rings is 1. The van der Waals surface area contributed by atoms with E-state index in [9.17, 15) is 14.4 Å². The number of methoxy groups -OCH3 is 1. The van der Waals surface area contributed by atoms with E-state index in [0.29, 0.717) is 31.7 Å². The van der Waals surface area contributed by atoms with Crippen LogP contribution < -0.4 is 5.32 Å². The second-order valence-corrected chi connectivity index (χ2v) is 15.1. The van der Waals surface area contributed by atoms with Crippen molar-refractivity contribution in [1.82, 2.24) is 40.0 Å². The van der Waals surface area contributed by atoms with Gasteiger partial charge in [0.05, 0.1) is 60.7 Å². The Balaban J connectivity index is 0.944. The lowest BCUT2D eigenvalue weighted by Gasteiger charge is -2.30. The highest BCUT2D eigenvalue weighted by atomic mass is 16.5. The molecule has 13 heteroatoms. The molecule has 13 nitrogen and oxygen atoms in total. The van der Waals surface area contributed by atoms with Gasteiger partial charge >= 0.3 is 6.09 Å². The second kappa shape index (κ2) is 15.1. The fraction of sp³-hybridized carbons (Fsp3) is 0.381. The number of aromatic nitrogens is 5. The second-order valence-electron chi connectivity index (χ2n) is 15.1. The lowest BCUT2D eigenvalue weighted by molar-refractivity contribution is -0.135. The number of rotatable bonds is 9. The van der Waals surface area contributed by atoms with Gasteiger partial charge in [-0.15, -0.1) is 0 Å². The molecule has 284 valence electrons. The first kappa shape index (κ1) is 36.2. The van der Waals surface area contributed by atoms with Crippen LogP contribution in [0.4, 0.5) is 4.79 Å². The van der Waals surface area contributed by atoms with E-state index in [2.05, 4.69) is 73.8 Å². The van der Waals surface area contributed by atoms with Crippen LogP contribution >= 0.6 is 0 Å². The van der Waals surface area contributed by atoms with Crippen molar-refractivity contribution in [3.63, 3.8) is 0 Å². The molecule has 5 aromatic rings. The summed E-state index contributed by atoms with van der Waals surface area (Å²) in [5.74, 6) is 1.19. The molecule has 0 saturated carbocycles. The van der Waals surface area contributed by atoms with Crippen molar-refractivity contribution in [2.24, 2.45) is 5.92 Å². The average Bonchev–Trinajstić information content (AvgIpc) is 4.07. The van der Waals surface area contributed by atoms with Crippen molar-refractivity contribution in [1.29, 1.82) is 0 Å². The number of nitrogens with one attached hydrogen (secondary N) is 3. The number of likely N-dealkylation sites (tertiary alicyclic amines) is 2. The average molecular weight is 743 g/mol. The molecule has 3 amide bonds. The summed E-state index contributed by atoms with van der Waals surface area (Å²) >= 11 is 0. The maximum absolute atomic E-state index is 13.6. The number of ether oxygens (including phenoxy) is 2. The van der Waals surface area contributed by atoms with E-state index in [1.807, 2.05) is 36.0 Å². The van der Waals surface area contributed by atoms with Gasteiger partial charge in [-0.05, 0) is 66.0 Å². The number of hydrogen-bond donors (Lipinski definition) is 3. The van der Waals surface area contributed by atoms with Crippen LogP contribution in [-0.4, -0.2) is 91.1 Å². The molecule has 0 radical (unpaired) electrons. The third-order valence-corrected chi connectivity index (χ3v) is 11.2. The Morgan fingerprint density at radius 2 is 1.49 bits per heavy atom. The predicted octanol–water partition coefficient (Wildman–Crippen LogP) is 6.71.